The Morgan fingerprint density at radius 3 is 2.56 bits per heavy atom. The Morgan fingerprint density at radius 2 is 1.88 bits per heavy atom. The van der Waals surface area contributed by atoms with E-state index in [1.54, 1.807) is 11.3 Å². The predicted molar refractivity (Wildman–Crippen MR) is 103 cm³/mol. The number of nitrogens with one attached hydrogen (secondary N) is 1. The minimum Gasteiger partial charge on any atom is -0.484 e. The topological polar surface area (TPSA) is 58.6 Å². The molecule has 0 amide bonds. The van der Waals surface area contributed by atoms with Gasteiger partial charge in [0.1, 0.15) is 11.9 Å². The smallest absolute Gasteiger partial charge is 0.300 e. The summed E-state index contributed by atoms with van der Waals surface area (Å²) in [5.41, 5.74) is 0. The molecule has 5 heteroatoms. The number of carbonyl (C=O) groups is 1. The number of ether oxygens (including phenoxy) is 1. The van der Waals surface area contributed by atoms with Crippen molar-refractivity contribution in [3.8, 4) is 5.75 Å². The van der Waals surface area contributed by atoms with Gasteiger partial charge in [0, 0.05) is 23.6 Å². The summed E-state index contributed by atoms with van der Waals surface area (Å²) < 4.78 is 6.34. The van der Waals surface area contributed by atoms with Crippen LogP contribution in [-0.4, -0.2) is 24.7 Å². The van der Waals surface area contributed by atoms with Crippen molar-refractivity contribution in [1.29, 1.82) is 0 Å². The van der Waals surface area contributed by atoms with Gasteiger partial charge in [-0.05, 0) is 36.5 Å². The molecule has 0 fully saturated rings. The first-order valence-electron chi connectivity index (χ1n) is 8.13. The van der Waals surface area contributed by atoms with Crippen LogP contribution in [0.15, 0.2) is 60.0 Å². The lowest BCUT2D eigenvalue weighted by molar-refractivity contribution is -0.134. The second-order valence-electron chi connectivity index (χ2n) is 5.51. The van der Waals surface area contributed by atoms with Gasteiger partial charge in [-0.25, -0.2) is 0 Å². The minimum atomic E-state index is -0.833. The Balaban J connectivity index is 0.000000511. The average Bonchev–Trinajstić information content (AvgIpc) is 3.13. The fourth-order valence-electron chi connectivity index (χ4n) is 2.46. The van der Waals surface area contributed by atoms with Crippen molar-refractivity contribution in [3.05, 3.63) is 64.9 Å². The third-order valence-corrected chi connectivity index (χ3v) is 4.50. The van der Waals surface area contributed by atoms with Gasteiger partial charge in [0.2, 0.25) is 0 Å². The summed E-state index contributed by atoms with van der Waals surface area (Å²) in [7, 11) is 1.98. The molecule has 0 radical (unpaired) electrons. The van der Waals surface area contributed by atoms with Crippen LogP contribution in [0.4, 0.5) is 0 Å². The van der Waals surface area contributed by atoms with Crippen LogP contribution in [0.25, 0.3) is 10.8 Å². The molecule has 2 N–H and O–H groups in total. The van der Waals surface area contributed by atoms with Crippen molar-refractivity contribution in [2.45, 2.75) is 19.4 Å². The highest BCUT2D eigenvalue weighted by Gasteiger charge is 2.15. The Kier molecular flexibility index (Phi) is 7.44. The van der Waals surface area contributed by atoms with Gasteiger partial charge in [-0.1, -0.05) is 42.5 Å². The third kappa shape index (κ3) is 5.89. The summed E-state index contributed by atoms with van der Waals surface area (Å²) in [4.78, 5) is 10.3. The summed E-state index contributed by atoms with van der Waals surface area (Å²) in [5, 5.41) is 15.1. The van der Waals surface area contributed by atoms with E-state index < -0.39 is 5.97 Å². The Labute approximate surface area is 152 Å². The highest BCUT2D eigenvalue weighted by molar-refractivity contribution is 7.10. The standard InChI is InChI=1S/C18H19NOS.C2H4O2/c1-19-12-11-17(18-10-5-13-21-18)20-16-9-4-7-14-6-2-3-8-15(14)16;1-2(3)4/h2-10,13,17,19H,11-12H2,1H3;1H3,(H,3,4)/t17-;/m0./s1. The average molecular weight is 357 g/mol. The maximum Gasteiger partial charge on any atom is 0.300 e. The maximum atomic E-state index is 9.00. The van der Waals surface area contributed by atoms with Crippen LogP contribution in [0.5, 0.6) is 5.75 Å². The van der Waals surface area contributed by atoms with E-state index in [0.717, 1.165) is 25.6 Å². The Bertz CT molecular complexity index is 777. The zero-order chi connectivity index (χ0) is 18.1. The van der Waals surface area contributed by atoms with Crippen molar-refractivity contribution < 1.29 is 14.6 Å². The van der Waals surface area contributed by atoms with Gasteiger partial charge in [0.15, 0.2) is 0 Å². The molecule has 0 aliphatic heterocycles. The van der Waals surface area contributed by atoms with Gasteiger partial charge >= 0.3 is 0 Å². The van der Waals surface area contributed by atoms with Crippen LogP contribution in [0.2, 0.25) is 0 Å². The maximum absolute atomic E-state index is 9.00. The largest absolute Gasteiger partial charge is 0.484 e. The van der Waals surface area contributed by atoms with Crippen LogP contribution in [0, 0.1) is 0 Å². The molecule has 1 heterocycles. The molecular formula is C20H23NO3S. The molecule has 0 bridgehead atoms. The van der Waals surface area contributed by atoms with E-state index in [1.807, 2.05) is 7.05 Å². The van der Waals surface area contributed by atoms with Gasteiger partial charge in [0.25, 0.3) is 5.97 Å². The summed E-state index contributed by atoms with van der Waals surface area (Å²) >= 11 is 1.75. The molecular weight excluding hydrogens is 334 g/mol. The first kappa shape index (κ1) is 19.0. The highest BCUT2D eigenvalue weighted by atomic mass is 32.1. The number of rotatable bonds is 6. The predicted octanol–water partition coefficient (Wildman–Crippen LogP) is 4.72. The number of fused-ring (bicyclic) bond motifs is 1. The van der Waals surface area contributed by atoms with Gasteiger partial charge in [-0.3, -0.25) is 4.79 Å². The molecule has 1 aromatic heterocycles. The number of carboxylic acids is 1. The molecule has 2 aromatic carbocycles. The molecule has 0 saturated carbocycles. The van der Waals surface area contributed by atoms with E-state index in [4.69, 9.17) is 14.6 Å². The number of aliphatic carboxylic acids is 1. The van der Waals surface area contributed by atoms with Gasteiger partial charge in [0.05, 0.1) is 0 Å². The molecule has 25 heavy (non-hydrogen) atoms. The zero-order valence-corrected chi connectivity index (χ0v) is 15.3. The SMILES string of the molecule is CC(=O)O.CNCC[C@H](Oc1cccc2ccccc12)c1cccs1. The Morgan fingerprint density at radius 1 is 1.16 bits per heavy atom. The second kappa shape index (κ2) is 9.81. The molecule has 3 aromatic rings. The van der Waals surface area contributed by atoms with E-state index in [-0.39, 0.29) is 6.10 Å². The summed E-state index contributed by atoms with van der Waals surface area (Å²) in [6, 6.07) is 18.8. The van der Waals surface area contributed by atoms with Crippen molar-refractivity contribution in [1.82, 2.24) is 5.32 Å². The number of carboxylic acid groups (broad SMARTS) is 1. The van der Waals surface area contributed by atoms with Gasteiger partial charge < -0.3 is 15.2 Å². The highest BCUT2D eigenvalue weighted by Crippen LogP contribution is 2.32. The van der Waals surface area contributed by atoms with E-state index >= 15 is 0 Å². The van der Waals surface area contributed by atoms with Gasteiger partial charge in [-0.2, -0.15) is 0 Å². The van der Waals surface area contributed by atoms with Crippen molar-refractivity contribution in [2.24, 2.45) is 0 Å². The fraction of sp³-hybridized carbons (Fsp3) is 0.250. The molecule has 0 unspecified atom stereocenters. The Hall–Kier alpha value is -2.37. The van der Waals surface area contributed by atoms with Crippen LogP contribution in [0.1, 0.15) is 24.3 Å². The lowest BCUT2D eigenvalue weighted by Crippen LogP contribution is -2.15. The number of hydrogen-bond acceptors (Lipinski definition) is 4. The number of hydrogen-bond donors (Lipinski definition) is 2. The molecule has 3 rings (SSSR count). The summed E-state index contributed by atoms with van der Waals surface area (Å²) in [6.07, 6.45) is 1.06. The van der Waals surface area contributed by atoms with Crippen LogP contribution in [-0.2, 0) is 4.79 Å². The molecule has 0 saturated heterocycles. The third-order valence-electron chi connectivity index (χ3n) is 3.54. The molecule has 132 valence electrons. The summed E-state index contributed by atoms with van der Waals surface area (Å²) in [5.74, 6) is 0.127. The van der Waals surface area contributed by atoms with Crippen molar-refractivity contribution >= 4 is 28.1 Å². The molecule has 0 aliphatic carbocycles. The lowest BCUT2D eigenvalue weighted by atomic mass is 10.1. The lowest BCUT2D eigenvalue weighted by Gasteiger charge is -2.19. The normalized spacial score (nSPS) is 11.4. The van der Waals surface area contributed by atoms with E-state index in [2.05, 4.69) is 65.3 Å². The quantitative estimate of drug-likeness (QED) is 0.670. The second-order valence-corrected chi connectivity index (χ2v) is 6.49. The molecule has 4 nitrogen and oxygen atoms in total. The van der Waals surface area contributed by atoms with Gasteiger partial charge in [-0.15, -0.1) is 11.3 Å². The van der Waals surface area contributed by atoms with E-state index in [9.17, 15) is 0 Å². The van der Waals surface area contributed by atoms with Crippen molar-refractivity contribution in [2.75, 3.05) is 13.6 Å². The van der Waals surface area contributed by atoms with Crippen LogP contribution < -0.4 is 10.1 Å². The minimum absolute atomic E-state index is 0.100. The molecule has 0 spiro atoms. The molecule has 1 atom stereocenters. The number of thiophene rings is 1. The zero-order valence-electron chi connectivity index (χ0n) is 14.4. The first-order chi connectivity index (χ1) is 12.1. The molecule has 0 aliphatic rings. The summed E-state index contributed by atoms with van der Waals surface area (Å²) in [6.45, 7) is 2.02. The fourth-order valence-corrected chi connectivity index (χ4v) is 3.25. The monoisotopic (exact) mass is 357 g/mol. The van der Waals surface area contributed by atoms with Crippen LogP contribution >= 0.6 is 11.3 Å². The van der Waals surface area contributed by atoms with Crippen molar-refractivity contribution in [3.63, 3.8) is 0 Å². The van der Waals surface area contributed by atoms with E-state index in [0.29, 0.717) is 0 Å². The van der Waals surface area contributed by atoms with E-state index in [1.165, 1.54) is 15.6 Å². The number of benzene rings is 2. The van der Waals surface area contributed by atoms with Crippen LogP contribution in [0.3, 0.4) is 0 Å². The first-order valence-corrected chi connectivity index (χ1v) is 9.01.